The molecule has 1 amide bonds. The first-order chi connectivity index (χ1) is 10.5. The summed E-state index contributed by atoms with van der Waals surface area (Å²) in [5.74, 6) is 0.112. The van der Waals surface area contributed by atoms with Gasteiger partial charge < -0.3 is 10.2 Å². The number of carbonyl (C=O) groups is 1. The highest BCUT2D eigenvalue weighted by Crippen LogP contribution is 2.47. The second-order valence-corrected chi connectivity index (χ2v) is 7.05. The molecule has 3 rings (SSSR count). The number of hydrogen-bond donors (Lipinski definition) is 1. The number of likely N-dealkylation sites (N-methyl/N-ethyl adjacent to an activating group) is 1. The first-order valence-corrected chi connectivity index (χ1v) is 8.22. The van der Waals surface area contributed by atoms with E-state index in [0.29, 0.717) is 0 Å². The number of nitrogens with one attached hydrogen (secondary N) is 1. The number of amides is 1. The van der Waals surface area contributed by atoms with Crippen LogP contribution in [0.4, 0.5) is 4.39 Å². The Kier molecular flexibility index (Phi) is 4.22. The van der Waals surface area contributed by atoms with Crippen LogP contribution in [0, 0.1) is 11.7 Å². The SMILES string of the molecule is CN(C)C1(CNC(=O)[C@H]2C[C@H]2c2cccc(F)c2)CCCC1. The van der Waals surface area contributed by atoms with Crippen molar-refractivity contribution in [3.8, 4) is 0 Å². The molecule has 4 heteroatoms. The molecule has 0 aromatic heterocycles. The summed E-state index contributed by atoms with van der Waals surface area (Å²) in [7, 11) is 4.20. The molecule has 3 nitrogen and oxygen atoms in total. The molecule has 120 valence electrons. The van der Waals surface area contributed by atoms with Crippen molar-refractivity contribution in [2.24, 2.45) is 5.92 Å². The van der Waals surface area contributed by atoms with E-state index >= 15 is 0 Å². The van der Waals surface area contributed by atoms with Crippen molar-refractivity contribution in [2.75, 3.05) is 20.6 Å². The van der Waals surface area contributed by atoms with Crippen molar-refractivity contribution >= 4 is 5.91 Å². The van der Waals surface area contributed by atoms with Gasteiger partial charge >= 0.3 is 0 Å². The molecule has 0 radical (unpaired) electrons. The fourth-order valence-corrected chi connectivity index (χ4v) is 3.79. The minimum absolute atomic E-state index is 0.0161. The summed E-state index contributed by atoms with van der Waals surface area (Å²) in [6, 6.07) is 6.63. The third-order valence-electron chi connectivity index (χ3n) is 5.48. The molecular weight excluding hydrogens is 279 g/mol. The largest absolute Gasteiger partial charge is 0.354 e. The highest BCUT2D eigenvalue weighted by atomic mass is 19.1. The minimum atomic E-state index is -0.221. The van der Waals surface area contributed by atoms with Crippen molar-refractivity contribution in [3.05, 3.63) is 35.6 Å². The summed E-state index contributed by atoms with van der Waals surface area (Å²) in [5, 5.41) is 3.15. The zero-order valence-electron chi connectivity index (χ0n) is 13.4. The van der Waals surface area contributed by atoms with Crippen LogP contribution in [-0.4, -0.2) is 37.0 Å². The van der Waals surface area contributed by atoms with Crippen LogP contribution in [0.2, 0.25) is 0 Å². The van der Waals surface area contributed by atoms with Crippen LogP contribution in [-0.2, 0) is 4.79 Å². The molecule has 2 fully saturated rings. The molecule has 0 heterocycles. The zero-order valence-corrected chi connectivity index (χ0v) is 13.4. The predicted molar refractivity (Wildman–Crippen MR) is 85.1 cm³/mol. The lowest BCUT2D eigenvalue weighted by Gasteiger charge is -2.36. The van der Waals surface area contributed by atoms with Gasteiger partial charge in [-0.1, -0.05) is 25.0 Å². The Morgan fingerprint density at radius 1 is 1.36 bits per heavy atom. The van der Waals surface area contributed by atoms with Crippen molar-refractivity contribution in [3.63, 3.8) is 0 Å². The van der Waals surface area contributed by atoms with Crippen molar-refractivity contribution in [1.29, 1.82) is 0 Å². The van der Waals surface area contributed by atoms with Gasteiger partial charge in [0.05, 0.1) is 0 Å². The molecule has 2 saturated carbocycles. The van der Waals surface area contributed by atoms with Gasteiger partial charge in [0.1, 0.15) is 5.82 Å². The smallest absolute Gasteiger partial charge is 0.223 e. The monoisotopic (exact) mass is 304 g/mol. The van der Waals surface area contributed by atoms with Crippen LogP contribution in [0.25, 0.3) is 0 Å². The van der Waals surface area contributed by atoms with Gasteiger partial charge in [-0.2, -0.15) is 0 Å². The maximum absolute atomic E-state index is 13.3. The summed E-state index contributed by atoms with van der Waals surface area (Å²) < 4.78 is 13.3. The molecular formula is C18H25FN2O. The summed E-state index contributed by atoms with van der Waals surface area (Å²) in [5.41, 5.74) is 1.07. The molecule has 0 aliphatic heterocycles. The number of rotatable bonds is 5. The fraction of sp³-hybridized carbons (Fsp3) is 0.611. The average molecular weight is 304 g/mol. The lowest BCUT2D eigenvalue weighted by atomic mass is 9.96. The van der Waals surface area contributed by atoms with Gasteiger partial charge in [0.2, 0.25) is 5.91 Å². The average Bonchev–Trinajstić information content (AvgIpc) is 3.15. The predicted octanol–water partition coefficient (Wildman–Crippen LogP) is 2.92. The first kappa shape index (κ1) is 15.5. The molecule has 1 aromatic rings. The Hall–Kier alpha value is -1.42. The van der Waals surface area contributed by atoms with Crippen molar-refractivity contribution in [1.82, 2.24) is 10.2 Å². The quantitative estimate of drug-likeness (QED) is 0.907. The molecule has 22 heavy (non-hydrogen) atoms. The second kappa shape index (κ2) is 5.99. The lowest BCUT2D eigenvalue weighted by molar-refractivity contribution is -0.123. The van der Waals surface area contributed by atoms with Crippen LogP contribution in [0.15, 0.2) is 24.3 Å². The van der Waals surface area contributed by atoms with Crippen LogP contribution in [0.3, 0.4) is 0 Å². The van der Waals surface area contributed by atoms with Crippen LogP contribution in [0.5, 0.6) is 0 Å². The second-order valence-electron chi connectivity index (χ2n) is 7.05. The van der Waals surface area contributed by atoms with E-state index in [4.69, 9.17) is 0 Å². The van der Waals surface area contributed by atoms with Gasteiger partial charge in [-0.15, -0.1) is 0 Å². The van der Waals surface area contributed by atoms with E-state index in [2.05, 4.69) is 24.3 Å². The Labute approximate surface area is 131 Å². The Bertz CT molecular complexity index is 552. The summed E-state index contributed by atoms with van der Waals surface area (Å²) in [6.45, 7) is 0.727. The molecule has 2 atom stereocenters. The van der Waals surface area contributed by atoms with Crippen molar-refractivity contribution in [2.45, 2.75) is 43.6 Å². The third-order valence-corrected chi connectivity index (χ3v) is 5.48. The van der Waals surface area contributed by atoms with Gasteiger partial charge in [-0.05, 0) is 57.0 Å². The topological polar surface area (TPSA) is 32.3 Å². The molecule has 1 aromatic carbocycles. The maximum atomic E-state index is 13.3. The highest BCUT2D eigenvalue weighted by Gasteiger charge is 2.45. The van der Waals surface area contributed by atoms with E-state index in [0.717, 1.165) is 31.4 Å². The molecule has 2 aliphatic carbocycles. The molecule has 2 aliphatic rings. The molecule has 0 saturated heterocycles. The zero-order chi connectivity index (χ0) is 15.7. The van der Waals surface area contributed by atoms with Crippen LogP contribution < -0.4 is 5.32 Å². The Balaban J connectivity index is 1.55. The number of carbonyl (C=O) groups excluding carboxylic acids is 1. The van der Waals surface area contributed by atoms with Gasteiger partial charge in [0.25, 0.3) is 0 Å². The summed E-state index contributed by atoms with van der Waals surface area (Å²) in [4.78, 5) is 14.6. The standard InChI is InChI=1S/C18H25FN2O/c1-21(2)18(8-3-4-9-18)12-20-17(22)16-11-15(16)13-6-5-7-14(19)10-13/h5-7,10,15-16H,3-4,8-9,11-12H2,1-2H3,(H,20,22)/t15-,16-/m0/s1. The van der Waals surface area contributed by atoms with Gasteiger partial charge in [-0.25, -0.2) is 4.39 Å². The van der Waals surface area contributed by atoms with E-state index in [1.54, 1.807) is 12.1 Å². The van der Waals surface area contributed by atoms with Gasteiger partial charge in [-0.3, -0.25) is 4.79 Å². The number of benzene rings is 1. The third kappa shape index (κ3) is 3.02. The number of hydrogen-bond acceptors (Lipinski definition) is 2. The van der Waals surface area contributed by atoms with Crippen LogP contribution >= 0.6 is 0 Å². The van der Waals surface area contributed by atoms with Crippen LogP contribution in [0.1, 0.15) is 43.6 Å². The van der Waals surface area contributed by atoms with E-state index < -0.39 is 0 Å². The van der Waals surface area contributed by atoms with Gasteiger partial charge in [0.15, 0.2) is 0 Å². The lowest BCUT2D eigenvalue weighted by Crippen LogP contribution is -2.51. The molecule has 0 bridgehead atoms. The summed E-state index contributed by atoms with van der Waals surface area (Å²) in [6.07, 6.45) is 5.62. The van der Waals surface area contributed by atoms with Crippen molar-refractivity contribution < 1.29 is 9.18 Å². The maximum Gasteiger partial charge on any atom is 0.223 e. The minimum Gasteiger partial charge on any atom is -0.354 e. The fourth-order valence-electron chi connectivity index (χ4n) is 3.79. The van der Waals surface area contributed by atoms with E-state index in [9.17, 15) is 9.18 Å². The first-order valence-electron chi connectivity index (χ1n) is 8.22. The number of halogens is 1. The summed E-state index contributed by atoms with van der Waals surface area (Å²) >= 11 is 0. The Morgan fingerprint density at radius 3 is 2.73 bits per heavy atom. The van der Waals surface area contributed by atoms with E-state index in [1.165, 1.54) is 18.9 Å². The molecule has 1 N–H and O–H groups in total. The molecule has 0 spiro atoms. The normalized spacial score (nSPS) is 26.2. The van der Waals surface area contributed by atoms with E-state index in [1.807, 2.05) is 6.07 Å². The highest BCUT2D eigenvalue weighted by molar-refractivity contribution is 5.83. The number of nitrogens with zero attached hydrogens (tertiary/aromatic N) is 1. The van der Waals surface area contributed by atoms with Gasteiger partial charge in [0, 0.05) is 18.0 Å². The Morgan fingerprint density at radius 2 is 2.09 bits per heavy atom. The van der Waals surface area contributed by atoms with E-state index in [-0.39, 0.29) is 29.1 Å². The molecule has 0 unspecified atom stereocenters.